The lowest BCUT2D eigenvalue weighted by Gasteiger charge is -2.10. The minimum Gasteiger partial charge on any atom is -0.366 e. The highest BCUT2D eigenvalue weighted by molar-refractivity contribution is 6.30. The molecule has 2 aromatic carbocycles. The molecule has 0 atom stereocenters. The fraction of sp³-hybridized carbons (Fsp3) is 0.200. The molecule has 0 fully saturated rings. The van der Waals surface area contributed by atoms with Gasteiger partial charge in [0.15, 0.2) is 0 Å². The number of benzene rings is 2. The Hall–Kier alpha value is -2.59. The number of nitrogens with zero attached hydrogens (tertiary/aromatic N) is 2. The summed E-state index contributed by atoms with van der Waals surface area (Å²) in [4.78, 5) is 8.99. The summed E-state index contributed by atoms with van der Waals surface area (Å²) in [5.41, 5.74) is 3.38. The van der Waals surface area contributed by atoms with Gasteiger partial charge in [0, 0.05) is 29.9 Å². The summed E-state index contributed by atoms with van der Waals surface area (Å²) in [7, 11) is 0. The van der Waals surface area contributed by atoms with Gasteiger partial charge in [-0.05, 0) is 36.6 Å². The summed E-state index contributed by atoms with van der Waals surface area (Å²) in [5.74, 6) is 1.47. The first-order valence-corrected chi connectivity index (χ1v) is 8.68. The van der Waals surface area contributed by atoms with Crippen molar-refractivity contribution in [1.29, 1.82) is 0 Å². The molecule has 2 N–H and O–H groups in total. The molecule has 0 aliphatic carbocycles. The number of halogens is 1. The van der Waals surface area contributed by atoms with Crippen molar-refractivity contribution in [3.63, 3.8) is 0 Å². The minimum absolute atomic E-state index is 0.643. The summed E-state index contributed by atoms with van der Waals surface area (Å²) in [5, 5.41) is 7.40. The number of aryl methyl sites for hydroxylation is 1. The molecule has 3 rings (SSSR count). The average Bonchev–Trinajstić information content (AvgIpc) is 2.62. The Balaban J connectivity index is 1.56. The topological polar surface area (TPSA) is 49.8 Å². The second kappa shape index (κ2) is 8.49. The van der Waals surface area contributed by atoms with Crippen molar-refractivity contribution in [2.45, 2.75) is 19.9 Å². The molecule has 0 bridgehead atoms. The van der Waals surface area contributed by atoms with E-state index in [0.29, 0.717) is 5.95 Å². The van der Waals surface area contributed by atoms with E-state index in [0.717, 1.165) is 36.0 Å². The normalized spacial score (nSPS) is 10.5. The maximum atomic E-state index is 5.91. The van der Waals surface area contributed by atoms with Crippen molar-refractivity contribution in [3.05, 3.63) is 82.5 Å². The molecule has 25 heavy (non-hydrogen) atoms. The van der Waals surface area contributed by atoms with Crippen LogP contribution in [0.2, 0.25) is 5.02 Å². The van der Waals surface area contributed by atoms with Crippen molar-refractivity contribution in [2.75, 3.05) is 17.2 Å². The van der Waals surface area contributed by atoms with Gasteiger partial charge in [0.1, 0.15) is 5.82 Å². The van der Waals surface area contributed by atoms with Crippen molar-refractivity contribution >= 4 is 23.4 Å². The van der Waals surface area contributed by atoms with Crippen LogP contribution in [0.15, 0.2) is 60.7 Å². The van der Waals surface area contributed by atoms with Crippen molar-refractivity contribution < 1.29 is 0 Å². The number of nitrogens with one attached hydrogen (secondary N) is 2. The molecule has 0 spiro atoms. The highest BCUT2D eigenvalue weighted by Crippen LogP contribution is 2.13. The van der Waals surface area contributed by atoms with Gasteiger partial charge in [-0.25, -0.2) is 4.98 Å². The lowest BCUT2D eigenvalue weighted by atomic mass is 10.1. The molecule has 0 amide bonds. The lowest BCUT2D eigenvalue weighted by Crippen LogP contribution is -2.10. The van der Waals surface area contributed by atoms with Crippen molar-refractivity contribution in [3.8, 4) is 0 Å². The van der Waals surface area contributed by atoms with E-state index >= 15 is 0 Å². The third kappa shape index (κ3) is 5.47. The van der Waals surface area contributed by atoms with Crippen LogP contribution in [0.5, 0.6) is 0 Å². The molecule has 3 aromatic rings. The third-order valence-corrected chi connectivity index (χ3v) is 4.03. The highest BCUT2D eigenvalue weighted by Gasteiger charge is 2.02. The molecule has 5 heteroatoms. The van der Waals surface area contributed by atoms with E-state index in [4.69, 9.17) is 11.6 Å². The molecule has 1 heterocycles. The van der Waals surface area contributed by atoms with Gasteiger partial charge < -0.3 is 10.6 Å². The van der Waals surface area contributed by atoms with Crippen LogP contribution >= 0.6 is 11.6 Å². The molecule has 0 saturated carbocycles. The van der Waals surface area contributed by atoms with Gasteiger partial charge in [-0.15, -0.1) is 0 Å². The fourth-order valence-corrected chi connectivity index (χ4v) is 2.62. The molecule has 1 aromatic heterocycles. The smallest absolute Gasteiger partial charge is 0.224 e. The summed E-state index contributed by atoms with van der Waals surface area (Å²) >= 11 is 5.91. The second-order valence-electron chi connectivity index (χ2n) is 5.86. The van der Waals surface area contributed by atoms with E-state index < -0.39 is 0 Å². The third-order valence-electron chi connectivity index (χ3n) is 3.78. The van der Waals surface area contributed by atoms with Crippen LogP contribution < -0.4 is 10.6 Å². The van der Waals surface area contributed by atoms with Gasteiger partial charge in [0.25, 0.3) is 0 Å². The van der Waals surface area contributed by atoms with Crippen LogP contribution in [-0.2, 0) is 13.0 Å². The SMILES string of the molecule is Cc1cc(NCc2ccccc2)nc(NCCc2ccc(Cl)cc2)n1. The Labute approximate surface area is 153 Å². The first-order valence-electron chi connectivity index (χ1n) is 8.31. The summed E-state index contributed by atoms with van der Waals surface area (Å²) in [6, 6.07) is 20.1. The predicted octanol–water partition coefficient (Wildman–Crippen LogP) is 4.71. The van der Waals surface area contributed by atoms with Gasteiger partial charge in [-0.1, -0.05) is 54.1 Å². The Morgan fingerprint density at radius 1 is 0.880 bits per heavy atom. The maximum absolute atomic E-state index is 5.91. The second-order valence-corrected chi connectivity index (χ2v) is 6.30. The summed E-state index contributed by atoms with van der Waals surface area (Å²) < 4.78 is 0. The fourth-order valence-electron chi connectivity index (χ4n) is 2.50. The number of rotatable bonds is 7. The first kappa shape index (κ1) is 17.2. The van der Waals surface area contributed by atoms with Crippen LogP contribution in [0.3, 0.4) is 0 Å². The molecule has 128 valence electrons. The summed E-state index contributed by atoms with van der Waals surface area (Å²) in [6.45, 7) is 3.48. The first-order chi connectivity index (χ1) is 12.2. The molecular weight excluding hydrogens is 332 g/mol. The van der Waals surface area contributed by atoms with E-state index in [-0.39, 0.29) is 0 Å². The number of anilines is 2. The van der Waals surface area contributed by atoms with Crippen LogP contribution in [-0.4, -0.2) is 16.5 Å². The van der Waals surface area contributed by atoms with E-state index in [2.05, 4.69) is 32.7 Å². The molecule has 4 nitrogen and oxygen atoms in total. The van der Waals surface area contributed by atoms with Gasteiger partial charge in [0.2, 0.25) is 5.95 Å². The number of hydrogen-bond donors (Lipinski definition) is 2. The van der Waals surface area contributed by atoms with E-state index in [1.165, 1.54) is 11.1 Å². The molecule has 0 aliphatic heterocycles. The van der Waals surface area contributed by atoms with Gasteiger partial charge in [-0.2, -0.15) is 4.98 Å². The Bertz CT molecular complexity index is 804. The van der Waals surface area contributed by atoms with Crippen LogP contribution in [0.4, 0.5) is 11.8 Å². The van der Waals surface area contributed by atoms with Gasteiger partial charge >= 0.3 is 0 Å². The molecule has 0 unspecified atom stereocenters. The minimum atomic E-state index is 0.643. The average molecular weight is 353 g/mol. The van der Waals surface area contributed by atoms with Crippen molar-refractivity contribution in [1.82, 2.24) is 9.97 Å². The van der Waals surface area contributed by atoms with Gasteiger partial charge in [-0.3, -0.25) is 0 Å². The van der Waals surface area contributed by atoms with Crippen LogP contribution in [0.25, 0.3) is 0 Å². The monoisotopic (exact) mass is 352 g/mol. The largest absolute Gasteiger partial charge is 0.366 e. The Morgan fingerprint density at radius 3 is 2.40 bits per heavy atom. The maximum Gasteiger partial charge on any atom is 0.224 e. The van der Waals surface area contributed by atoms with E-state index in [1.807, 2.05) is 55.5 Å². The molecule has 0 radical (unpaired) electrons. The van der Waals surface area contributed by atoms with E-state index in [1.54, 1.807) is 0 Å². The summed E-state index contributed by atoms with van der Waals surface area (Å²) in [6.07, 6.45) is 0.890. The Kier molecular flexibility index (Phi) is 5.86. The van der Waals surface area contributed by atoms with E-state index in [9.17, 15) is 0 Å². The zero-order chi connectivity index (χ0) is 17.5. The van der Waals surface area contributed by atoms with Crippen LogP contribution in [0, 0.1) is 6.92 Å². The van der Waals surface area contributed by atoms with Gasteiger partial charge in [0.05, 0.1) is 0 Å². The number of hydrogen-bond acceptors (Lipinski definition) is 4. The zero-order valence-corrected chi connectivity index (χ0v) is 14.9. The Morgan fingerprint density at radius 2 is 1.64 bits per heavy atom. The van der Waals surface area contributed by atoms with Crippen molar-refractivity contribution in [2.24, 2.45) is 0 Å². The predicted molar refractivity (Wildman–Crippen MR) is 104 cm³/mol. The highest BCUT2D eigenvalue weighted by atomic mass is 35.5. The molecule has 0 saturated heterocycles. The quantitative estimate of drug-likeness (QED) is 0.646. The standard InChI is InChI=1S/C20H21ClN4/c1-15-13-19(23-14-17-5-3-2-4-6-17)25-20(24-15)22-12-11-16-7-9-18(21)10-8-16/h2-10,13H,11-12,14H2,1H3,(H2,22,23,24,25). The van der Waals surface area contributed by atoms with Crippen LogP contribution in [0.1, 0.15) is 16.8 Å². The number of aromatic nitrogens is 2. The lowest BCUT2D eigenvalue weighted by molar-refractivity contribution is 0.970. The zero-order valence-electron chi connectivity index (χ0n) is 14.2. The molecular formula is C20H21ClN4. The molecule has 0 aliphatic rings.